The predicted octanol–water partition coefficient (Wildman–Crippen LogP) is 3.88. The minimum Gasteiger partial charge on any atom is -0.494 e. The van der Waals surface area contributed by atoms with Crippen LogP contribution < -0.4 is 9.47 Å². The summed E-state index contributed by atoms with van der Waals surface area (Å²) in [6.07, 6.45) is 2.38. The zero-order valence-electron chi connectivity index (χ0n) is 12.0. The zero-order chi connectivity index (χ0) is 15.2. The van der Waals surface area contributed by atoms with Gasteiger partial charge in [-0.2, -0.15) is 0 Å². The average molecular weight is 287 g/mol. The van der Waals surface area contributed by atoms with E-state index in [0.717, 1.165) is 22.7 Å². The van der Waals surface area contributed by atoms with Crippen LogP contribution in [-0.4, -0.2) is 18.1 Å². The maximum atomic E-state index is 10.6. The first-order chi connectivity index (χ1) is 10.2. The third kappa shape index (κ3) is 3.51. The zero-order valence-corrected chi connectivity index (χ0v) is 12.0. The van der Waals surface area contributed by atoms with Crippen molar-refractivity contribution in [3.63, 3.8) is 0 Å². The van der Waals surface area contributed by atoms with Crippen LogP contribution in [0.5, 0.6) is 11.5 Å². The molecule has 0 N–H and O–H groups in total. The molecule has 0 aliphatic carbocycles. The van der Waals surface area contributed by atoms with Gasteiger partial charge in [-0.25, -0.2) is 0 Å². The molecule has 5 heteroatoms. The van der Waals surface area contributed by atoms with E-state index in [1.807, 2.05) is 44.2 Å². The number of hydrogen-bond acceptors (Lipinski definition) is 4. The Balaban J connectivity index is 2.62. The van der Waals surface area contributed by atoms with Gasteiger partial charge in [-0.05, 0) is 42.8 Å². The molecule has 0 fully saturated rings. The third-order valence-electron chi connectivity index (χ3n) is 2.97. The Labute approximate surface area is 122 Å². The summed E-state index contributed by atoms with van der Waals surface area (Å²) >= 11 is 0. The first-order valence-electron chi connectivity index (χ1n) is 6.79. The molecule has 21 heavy (non-hydrogen) atoms. The van der Waals surface area contributed by atoms with Gasteiger partial charge in [-0.1, -0.05) is 12.1 Å². The van der Waals surface area contributed by atoms with Crippen molar-refractivity contribution in [2.45, 2.75) is 13.8 Å². The van der Waals surface area contributed by atoms with Gasteiger partial charge in [0.2, 0.25) is 6.20 Å². The highest BCUT2D eigenvalue weighted by Gasteiger charge is 2.09. The first kappa shape index (κ1) is 14.8. The third-order valence-corrected chi connectivity index (χ3v) is 2.97. The molecule has 2 aromatic rings. The molecular weight excluding hydrogens is 270 g/mol. The summed E-state index contributed by atoms with van der Waals surface area (Å²) in [5.74, 6) is 1.35. The largest absolute Gasteiger partial charge is 0.494 e. The fourth-order valence-electron chi connectivity index (χ4n) is 2.15. The Kier molecular flexibility index (Phi) is 4.77. The van der Waals surface area contributed by atoms with Crippen LogP contribution in [-0.2, 0) is 0 Å². The van der Waals surface area contributed by atoms with Crippen molar-refractivity contribution in [3.8, 4) is 11.5 Å². The molecule has 0 saturated heterocycles. The standard InChI is InChI=1S/C16H17NO4/c1-3-20-13-7-5-12-6-8-16(21-4-2)14(15(12)11-13)9-10-17(18)19/h5-11H,3-4H2,1-2H3. The summed E-state index contributed by atoms with van der Waals surface area (Å²) < 4.78 is 11.1. The molecule has 0 unspecified atom stereocenters. The highest BCUT2D eigenvalue weighted by Crippen LogP contribution is 2.32. The second kappa shape index (κ2) is 6.74. The minimum atomic E-state index is -0.485. The van der Waals surface area contributed by atoms with E-state index in [1.165, 1.54) is 6.08 Å². The van der Waals surface area contributed by atoms with Crippen molar-refractivity contribution in [2.75, 3.05) is 13.2 Å². The normalized spacial score (nSPS) is 11.0. The van der Waals surface area contributed by atoms with Crippen LogP contribution in [0.25, 0.3) is 16.8 Å². The van der Waals surface area contributed by atoms with Crippen LogP contribution in [0, 0.1) is 10.1 Å². The molecule has 2 rings (SSSR count). The smallest absolute Gasteiger partial charge is 0.235 e. The maximum Gasteiger partial charge on any atom is 0.235 e. The highest BCUT2D eigenvalue weighted by molar-refractivity contribution is 5.94. The lowest BCUT2D eigenvalue weighted by Crippen LogP contribution is -1.96. The molecule has 0 aliphatic rings. The minimum absolute atomic E-state index is 0.485. The number of fused-ring (bicyclic) bond motifs is 1. The van der Waals surface area contributed by atoms with Crippen LogP contribution in [0.1, 0.15) is 19.4 Å². The van der Waals surface area contributed by atoms with Crippen LogP contribution in [0.15, 0.2) is 36.5 Å². The highest BCUT2D eigenvalue weighted by atomic mass is 16.6. The fraction of sp³-hybridized carbons (Fsp3) is 0.250. The maximum absolute atomic E-state index is 10.6. The van der Waals surface area contributed by atoms with E-state index in [4.69, 9.17) is 9.47 Å². The van der Waals surface area contributed by atoms with Crippen molar-refractivity contribution < 1.29 is 14.4 Å². The Morgan fingerprint density at radius 1 is 1.14 bits per heavy atom. The molecule has 5 nitrogen and oxygen atoms in total. The van der Waals surface area contributed by atoms with Crippen LogP contribution in [0.2, 0.25) is 0 Å². The SMILES string of the molecule is CCOc1ccc2ccc(OCC)c(C=C[N+](=O)[O-])c2c1. The molecule has 0 atom stereocenters. The average Bonchev–Trinajstić information content (AvgIpc) is 2.46. The van der Waals surface area contributed by atoms with Gasteiger partial charge in [0.25, 0.3) is 0 Å². The van der Waals surface area contributed by atoms with E-state index >= 15 is 0 Å². The lowest BCUT2D eigenvalue weighted by atomic mass is 10.0. The number of ether oxygens (including phenoxy) is 2. The lowest BCUT2D eigenvalue weighted by Gasteiger charge is -2.11. The van der Waals surface area contributed by atoms with E-state index in [1.54, 1.807) is 0 Å². The predicted molar refractivity (Wildman–Crippen MR) is 82.3 cm³/mol. The lowest BCUT2D eigenvalue weighted by molar-refractivity contribution is -0.400. The molecule has 110 valence electrons. The number of rotatable bonds is 6. The van der Waals surface area contributed by atoms with Gasteiger partial charge in [0.1, 0.15) is 11.5 Å². The first-order valence-corrected chi connectivity index (χ1v) is 6.79. The van der Waals surface area contributed by atoms with Crippen molar-refractivity contribution in [1.82, 2.24) is 0 Å². The van der Waals surface area contributed by atoms with Gasteiger partial charge in [-0.15, -0.1) is 0 Å². The molecule has 0 saturated carbocycles. The Morgan fingerprint density at radius 2 is 1.86 bits per heavy atom. The topological polar surface area (TPSA) is 61.6 Å². The number of nitrogens with zero attached hydrogens (tertiary/aromatic N) is 1. The molecular formula is C16H17NO4. The van der Waals surface area contributed by atoms with Gasteiger partial charge in [-0.3, -0.25) is 10.1 Å². The summed E-state index contributed by atoms with van der Waals surface area (Å²) in [6, 6.07) is 9.44. The summed E-state index contributed by atoms with van der Waals surface area (Å²) in [4.78, 5) is 10.1. The Hall–Kier alpha value is -2.56. The Morgan fingerprint density at radius 3 is 2.52 bits per heavy atom. The van der Waals surface area contributed by atoms with E-state index < -0.39 is 4.92 Å². The second-order valence-electron chi connectivity index (χ2n) is 4.33. The number of hydrogen-bond donors (Lipinski definition) is 0. The molecule has 0 aliphatic heterocycles. The van der Waals surface area contributed by atoms with E-state index in [9.17, 15) is 10.1 Å². The van der Waals surface area contributed by atoms with Gasteiger partial charge in [0.15, 0.2) is 0 Å². The van der Waals surface area contributed by atoms with Crippen LogP contribution >= 0.6 is 0 Å². The Bertz CT molecular complexity index is 674. The number of benzene rings is 2. The van der Waals surface area contributed by atoms with E-state index in [-0.39, 0.29) is 0 Å². The summed E-state index contributed by atoms with van der Waals surface area (Å²) in [6.45, 7) is 4.85. The summed E-state index contributed by atoms with van der Waals surface area (Å²) in [5.41, 5.74) is 0.688. The summed E-state index contributed by atoms with van der Waals surface area (Å²) in [5, 5.41) is 12.4. The monoisotopic (exact) mass is 287 g/mol. The molecule has 0 radical (unpaired) electrons. The molecule has 0 heterocycles. The molecule has 0 amide bonds. The van der Waals surface area contributed by atoms with Crippen molar-refractivity contribution >= 4 is 16.8 Å². The van der Waals surface area contributed by atoms with Gasteiger partial charge < -0.3 is 9.47 Å². The van der Waals surface area contributed by atoms with Crippen molar-refractivity contribution in [3.05, 3.63) is 52.2 Å². The van der Waals surface area contributed by atoms with E-state index in [0.29, 0.717) is 24.5 Å². The van der Waals surface area contributed by atoms with Gasteiger partial charge in [0, 0.05) is 11.6 Å². The van der Waals surface area contributed by atoms with Crippen molar-refractivity contribution in [1.29, 1.82) is 0 Å². The van der Waals surface area contributed by atoms with Crippen LogP contribution in [0.3, 0.4) is 0 Å². The number of nitro groups is 1. The van der Waals surface area contributed by atoms with Crippen molar-refractivity contribution in [2.24, 2.45) is 0 Å². The molecule has 0 aromatic heterocycles. The van der Waals surface area contributed by atoms with Gasteiger partial charge >= 0.3 is 0 Å². The summed E-state index contributed by atoms with van der Waals surface area (Å²) in [7, 11) is 0. The molecule has 0 bridgehead atoms. The molecule has 0 spiro atoms. The van der Waals surface area contributed by atoms with E-state index in [2.05, 4.69) is 0 Å². The fourth-order valence-corrected chi connectivity index (χ4v) is 2.15. The molecule has 2 aromatic carbocycles. The second-order valence-corrected chi connectivity index (χ2v) is 4.33. The van der Waals surface area contributed by atoms with Crippen LogP contribution in [0.4, 0.5) is 0 Å². The van der Waals surface area contributed by atoms with Gasteiger partial charge in [0.05, 0.1) is 18.1 Å². The quantitative estimate of drug-likeness (QED) is 0.597.